The molecule has 31 heavy (non-hydrogen) atoms. The zero-order valence-corrected chi connectivity index (χ0v) is 19.9. The fraction of sp³-hybridized carbons (Fsp3) is 0.696. The zero-order valence-electron chi connectivity index (χ0n) is 19.1. The average Bonchev–Trinajstić information content (AvgIpc) is 3.23. The van der Waals surface area contributed by atoms with E-state index in [0.29, 0.717) is 30.3 Å². The number of esters is 1. The summed E-state index contributed by atoms with van der Waals surface area (Å²) in [4.78, 5) is 40.4. The molecule has 2 aromatic heterocycles. The van der Waals surface area contributed by atoms with Crippen LogP contribution in [0, 0.1) is 18.8 Å². The molecule has 4 rings (SSSR count). The Bertz CT molecular complexity index is 1120. The molecule has 0 saturated heterocycles. The minimum Gasteiger partial charge on any atom is -0.459 e. The Labute approximate surface area is 186 Å². The van der Waals surface area contributed by atoms with Gasteiger partial charge in [0, 0.05) is 24.0 Å². The number of rotatable bonds is 7. The van der Waals surface area contributed by atoms with E-state index in [0.717, 1.165) is 34.5 Å². The summed E-state index contributed by atoms with van der Waals surface area (Å²) in [5.74, 6) is 0.576. The van der Waals surface area contributed by atoms with Gasteiger partial charge in [-0.3, -0.25) is 18.7 Å². The first-order valence-electron chi connectivity index (χ1n) is 11.3. The highest BCUT2D eigenvalue weighted by Gasteiger charge is 2.38. The average molecular weight is 448 g/mol. The molecule has 2 fully saturated rings. The highest BCUT2D eigenvalue weighted by Crippen LogP contribution is 2.41. The summed E-state index contributed by atoms with van der Waals surface area (Å²) >= 11 is 1.50. The van der Waals surface area contributed by atoms with Crippen molar-refractivity contribution in [2.75, 3.05) is 6.54 Å². The topological polar surface area (TPSA) is 82.3 Å². The minimum atomic E-state index is -0.519. The van der Waals surface area contributed by atoms with Crippen molar-refractivity contribution in [2.45, 2.75) is 85.0 Å². The van der Waals surface area contributed by atoms with Crippen LogP contribution >= 0.6 is 11.3 Å². The van der Waals surface area contributed by atoms with Crippen LogP contribution in [-0.2, 0) is 22.6 Å². The molecule has 0 bridgehead atoms. The third kappa shape index (κ3) is 4.51. The molecule has 0 radical (unpaired) electrons. The summed E-state index contributed by atoms with van der Waals surface area (Å²) in [5.41, 5.74) is 0.0697. The van der Waals surface area contributed by atoms with Crippen LogP contribution in [0.4, 0.5) is 0 Å². The maximum absolute atomic E-state index is 13.3. The molecule has 7 nitrogen and oxygen atoms in total. The van der Waals surface area contributed by atoms with Crippen molar-refractivity contribution in [1.29, 1.82) is 0 Å². The number of thiophene rings is 1. The van der Waals surface area contributed by atoms with E-state index < -0.39 is 5.60 Å². The number of hydrogen-bond donors (Lipinski definition) is 1. The van der Waals surface area contributed by atoms with Crippen LogP contribution in [0.2, 0.25) is 0 Å². The lowest BCUT2D eigenvalue weighted by Crippen LogP contribution is -2.41. The van der Waals surface area contributed by atoms with Crippen molar-refractivity contribution in [1.82, 2.24) is 14.5 Å². The van der Waals surface area contributed by atoms with Crippen LogP contribution in [0.5, 0.6) is 0 Å². The van der Waals surface area contributed by atoms with Crippen LogP contribution < -0.4 is 16.6 Å². The first-order valence-corrected chi connectivity index (χ1v) is 12.1. The number of hydrogen-bond acceptors (Lipinski definition) is 6. The van der Waals surface area contributed by atoms with E-state index in [1.165, 1.54) is 22.3 Å². The van der Waals surface area contributed by atoms with E-state index in [4.69, 9.17) is 4.74 Å². The van der Waals surface area contributed by atoms with Crippen molar-refractivity contribution in [3.63, 3.8) is 0 Å². The largest absolute Gasteiger partial charge is 0.459 e. The SMILES string of the molecule is Cc1c(CNCC(=O)OC(C)(C)C)sc2c1c(=O)n([C@H]1C[C@@H]1C)c(=O)n2CC1CCC1. The summed E-state index contributed by atoms with van der Waals surface area (Å²) in [6.45, 7) is 10.8. The number of nitrogens with one attached hydrogen (secondary N) is 1. The molecule has 2 aliphatic carbocycles. The molecule has 2 aliphatic rings. The van der Waals surface area contributed by atoms with Gasteiger partial charge in [0.05, 0.1) is 11.9 Å². The smallest absolute Gasteiger partial charge is 0.332 e. The Morgan fingerprint density at radius 2 is 1.94 bits per heavy atom. The lowest BCUT2D eigenvalue weighted by atomic mass is 9.85. The molecule has 2 aromatic rings. The number of aromatic nitrogens is 2. The Balaban J connectivity index is 1.65. The number of ether oxygens (including phenoxy) is 1. The van der Waals surface area contributed by atoms with Crippen LogP contribution in [0.25, 0.3) is 10.2 Å². The van der Waals surface area contributed by atoms with Gasteiger partial charge in [0.2, 0.25) is 0 Å². The van der Waals surface area contributed by atoms with Crippen molar-refractivity contribution in [3.05, 3.63) is 31.3 Å². The van der Waals surface area contributed by atoms with E-state index in [1.54, 1.807) is 0 Å². The second-order valence-corrected chi connectivity index (χ2v) is 11.2. The molecule has 1 N–H and O–H groups in total. The predicted molar refractivity (Wildman–Crippen MR) is 123 cm³/mol. The summed E-state index contributed by atoms with van der Waals surface area (Å²) in [5, 5.41) is 3.80. The number of nitrogens with zero attached hydrogens (tertiary/aromatic N) is 2. The van der Waals surface area contributed by atoms with Crippen LogP contribution in [0.3, 0.4) is 0 Å². The van der Waals surface area contributed by atoms with Gasteiger partial charge in [0.1, 0.15) is 10.4 Å². The first-order chi connectivity index (χ1) is 14.6. The van der Waals surface area contributed by atoms with Gasteiger partial charge in [-0.25, -0.2) is 4.79 Å². The fourth-order valence-corrected chi connectivity index (χ4v) is 5.55. The summed E-state index contributed by atoms with van der Waals surface area (Å²) in [6.07, 6.45) is 4.38. The molecule has 2 heterocycles. The fourth-order valence-electron chi connectivity index (χ4n) is 4.28. The molecule has 0 unspecified atom stereocenters. The molecule has 0 aliphatic heterocycles. The maximum atomic E-state index is 13.3. The van der Waals surface area contributed by atoms with E-state index in [-0.39, 0.29) is 29.8 Å². The molecule has 0 amide bonds. The van der Waals surface area contributed by atoms with Gasteiger partial charge in [-0.15, -0.1) is 11.3 Å². The lowest BCUT2D eigenvalue weighted by molar-refractivity contribution is -0.153. The summed E-state index contributed by atoms with van der Waals surface area (Å²) < 4.78 is 8.69. The van der Waals surface area contributed by atoms with E-state index in [1.807, 2.05) is 32.3 Å². The summed E-state index contributed by atoms with van der Waals surface area (Å²) in [7, 11) is 0. The molecule has 2 saturated carbocycles. The van der Waals surface area contributed by atoms with Crippen molar-refractivity contribution in [3.8, 4) is 0 Å². The number of carbonyl (C=O) groups is 1. The maximum Gasteiger partial charge on any atom is 0.332 e. The molecular formula is C23H33N3O4S. The monoisotopic (exact) mass is 447 g/mol. The molecular weight excluding hydrogens is 414 g/mol. The van der Waals surface area contributed by atoms with Crippen molar-refractivity contribution >= 4 is 27.5 Å². The quantitative estimate of drug-likeness (QED) is 0.658. The Morgan fingerprint density at radius 3 is 2.48 bits per heavy atom. The van der Waals surface area contributed by atoms with E-state index >= 15 is 0 Å². The third-order valence-electron chi connectivity index (χ3n) is 6.38. The summed E-state index contributed by atoms with van der Waals surface area (Å²) in [6, 6.07) is 0.0186. The lowest BCUT2D eigenvalue weighted by Gasteiger charge is -2.26. The van der Waals surface area contributed by atoms with E-state index in [9.17, 15) is 14.4 Å². The normalized spacial score (nSPS) is 21.3. The van der Waals surface area contributed by atoms with Crippen LogP contribution in [-0.4, -0.2) is 27.2 Å². The van der Waals surface area contributed by atoms with Gasteiger partial charge in [-0.05, 0) is 64.4 Å². The Kier molecular flexibility index (Phi) is 5.89. The number of aryl methyl sites for hydroxylation is 1. The molecule has 0 aromatic carbocycles. The van der Waals surface area contributed by atoms with Crippen molar-refractivity contribution in [2.24, 2.45) is 11.8 Å². The first kappa shape index (κ1) is 22.3. The van der Waals surface area contributed by atoms with Gasteiger partial charge in [0.15, 0.2) is 0 Å². The number of fused-ring (bicyclic) bond motifs is 1. The molecule has 8 heteroatoms. The molecule has 2 atom stereocenters. The van der Waals surface area contributed by atoms with Crippen LogP contribution in [0.15, 0.2) is 9.59 Å². The highest BCUT2D eigenvalue weighted by atomic mass is 32.1. The van der Waals surface area contributed by atoms with Crippen LogP contribution in [0.1, 0.15) is 69.9 Å². The Morgan fingerprint density at radius 1 is 1.26 bits per heavy atom. The van der Waals surface area contributed by atoms with Crippen molar-refractivity contribution < 1.29 is 9.53 Å². The molecule has 170 valence electrons. The predicted octanol–water partition coefficient (Wildman–Crippen LogP) is 3.35. The Hall–Kier alpha value is -1.93. The highest BCUT2D eigenvalue weighted by molar-refractivity contribution is 7.18. The van der Waals surface area contributed by atoms with E-state index in [2.05, 4.69) is 12.2 Å². The van der Waals surface area contributed by atoms with Gasteiger partial charge in [0.25, 0.3) is 5.56 Å². The van der Waals surface area contributed by atoms with Gasteiger partial charge in [-0.2, -0.15) is 0 Å². The zero-order chi connectivity index (χ0) is 22.5. The second kappa shape index (κ2) is 8.20. The van der Waals surface area contributed by atoms with Gasteiger partial charge in [-0.1, -0.05) is 13.3 Å². The van der Waals surface area contributed by atoms with Gasteiger partial charge < -0.3 is 10.1 Å². The van der Waals surface area contributed by atoms with Gasteiger partial charge >= 0.3 is 11.7 Å². The molecule has 0 spiro atoms. The minimum absolute atomic E-state index is 0.0186. The standard InChI is InChI=1S/C23H33N3O4S/c1-13-9-16(13)26-20(28)19-14(2)17(10-24-11-18(27)30-23(3,4)5)31-21(19)25(22(26)29)12-15-7-6-8-15/h13,15-16,24H,6-12H2,1-5H3/t13-,16-/m0/s1. The second-order valence-electron chi connectivity index (χ2n) is 10.2. The number of carbonyl (C=O) groups excluding carboxylic acids is 1. The third-order valence-corrected chi connectivity index (χ3v) is 7.70.